The largest absolute Gasteiger partial charge is 0.378 e. The maximum atomic E-state index is 6.74. The van der Waals surface area contributed by atoms with Gasteiger partial charge >= 0.3 is 0 Å². The van der Waals surface area contributed by atoms with Crippen LogP contribution in [0.4, 0.5) is 0 Å². The Bertz CT molecular complexity index is 716. The summed E-state index contributed by atoms with van der Waals surface area (Å²) in [6, 6.07) is 0.446. The highest BCUT2D eigenvalue weighted by Crippen LogP contribution is 2.71. The summed E-state index contributed by atoms with van der Waals surface area (Å²) < 4.78 is 6.74. The van der Waals surface area contributed by atoms with E-state index >= 15 is 0 Å². The number of hydrogen-bond acceptors (Lipinski definition) is 2. The van der Waals surface area contributed by atoms with E-state index in [1.165, 1.54) is 103 Å². The summed E-state index contributed by atoms with van der Waals surface area (Å²) in [4.78, 5) is 0. The molecular weight excluding hydrogens is 402 g/mol. The SMILES string of the molecule is CC1C(N)CCC2(C)C1CCC1(C)C3CCC4(COC5CCCCC5)CCCC4C3CCC21. The maximum absolute atomic E-state index is 6.74. The lowest BCUT2D eigenvalue weighted by Gasteiger charge is -2.68. The maximum Gasteiger partial charge on any atom is 0.0575 e. The Morgan fingerprint density at radius 1 is 0.697 bits per heavy atom. The average molecular weight is 456 g/mol. The van der Waals surface area contributed by atoms with Crippen molar-refractivity contribution in [3.63, 3.8) is 0 Å². The topological polar surface area (TPSA) is 35.2 Å². The predicted molar refractivity (Wildman–Crippen MR) is 137 cm³/mol. The van der Waals surface area contributed by atoms with Crippen LogP contribution in [0.15, 0.2) is 0 Å². The second-order valence-corrected chi connectivity index (χ2v) is 14.6. The second-order valence-electron chi connectivity index (χ2n) is 14.6. The number of fused-ring (bicyclic) bond motifs is 7. The fourth-order valence-corrected chi connectivity index (χ4v) is 11.8. The van der Waals surface area contributed by atoms with Crippen molar-refractivity contribution in [2.75, 3.05) is 6.61 Å². The standard InChI is InChI=1S/C31H53NO/c1-21-24-13-17-30(3)25-14-19-31(20-33-22-8-5-4-6-9-22)16-7-10-26(31)23(25)11-12-28(30)29(24,2)18-15-27(21)32/h21-28H,4-20,32H2,1-3H3. The lowest BCUT2D eigenvalue weighted by atomic mass is 9.37. The fourth-order valence-electron chi connectivity index (χ4n) is 11.8. The van der Waals surface area contributed by atoms with Gasteiger partial charge in [0.25, 0.3) is 0 Å². The van der Waals surface area contributed by atoms with E-state index in [0.29, 0.717) is 28.4 Å². The molecule has 0 saturated heterocycles. The quantitative estimate of drug-likeness (QED) is 0.472. The first-order chi connectivity index (χ1) is 15.9. The molecule has 2 heteroatoms. The lowest BCUT2D eigenvalue weighted by Crippen LogP contribution is -2.62. The van der Waals surface area contributed by atoms with Crippen LogP contribution in [0, 0.1) is 51.8 Å². The van der Waals surface area contributed by atoms with Gasteiger partial charge in [0.2, 0.25) is 0 Å². The zero-order chi connectivity index (χ0) is 22.8. The van der Waals surface area contributed by atoms with Crippen molar-refractivity contribution in [3.8, 4) is 0 Å². The van der Waals surface area contributed by atoms with Gasteiger partial charge in [0.1, 0.15) is 0 Å². The van der Waals surface area contributed by atoms with Gasteiger partial charge in [0, 0.05) is 6.04 Å². The zero-order valence-corrected chi connectivity index (χ0v) is 22.1. The molecule has 10 unspecified atom stereocenters. The van der Waals surface area contributed by atoms with Gasteiger partial charge in [-0.2, -0.15) is 0 Å². The van der Waals surface area contributed by atoms with Crippen LogP contribution < -0.4 is 5.73 Å². The molecule has 2 N–H and O–H groups in total. The van der Waals surface area contributed by atoms with Crippen molar-refractivity contribution >= 4 is 0 Å². The third kappa shape index (κ3) is 3.53. The minimum atomic E-state index is 0.446. The van der Waals surface area contributed by atoms with Crippen molar-refractivity contribution in [1.29, 1.82) is 0 Å². The summed E-state index contributed by atoms with van der Waals surface area (Å²) >= 11 is 0. The summed E-state index contributed by atoms with van der Waals surface area (Å²) in [5.41, 5.74) is 8.25. The molecule has 6 aliphatic carbocycles. The molecule has 0 aromatic carbocycles. The number of hydrogen-bond donors (Lipinski definition) is 1. The monoisotopic (exact) mass is 455 g/mol. The molecular formula is C31H53NO. The summed E-state index contributed by atoms with van der Waals surface area (Å²) in [6.45, 7) is 9.07. The first-order valence-electron chi connectivity index (χ1n) is 15.2. The van der Waals surface area contributed by atoms with Crippen LogP contribution in [0.1, 0.15) is 124 Å². The van der Waals surface area contributed by atoms with Crippen LogP contribution in [-0.4, -0.2) is 18.8 Å². The van der Waals surface area contributed by atoms with Gasteiger partial charge in [-0.3, -0.25) is 0 Å². The molecule has 6 rings (SSSR count). The van der Waals surface area contributed by atoms with Crippen LogP contribution >= 0.6 is 0 Å². The number of ether oxygens (including phenoxy) is 1. The van der Waals surface area contributed by atoms with Gasteiger partial charge in [0.05, 0.1) is 12.7 Å². The van der Waals surface area contributed by atoms with Gasteiger partial charge in [-0.15, -0.1) is 0 Å². The van der Waals surface area contributed by atoms with Gasteiger partial charge in [-0.05, 0) is 129 Å². The molecule has 10 atom stereocenters. The molecule has 0 amide bonds. The summed E-state index contributed by atoms with van der Waals surface area (Å²) in [5, 5.41) is 0. The van der Waals surface area contributed by atoms with Gasteiger partial charge in [-0.25, -0.2) is 0 Å². The van der Waals surface area contributed by atoms with E-state index in [4.69, 9.17) is 10.5 Å². The van der Waals surface area contributed by atoms with Crippen LogP contribution in [0.5, 0.6) is 0 Å². The lowest BCUT2D eigenvalue weighted by molar-refractivity contribution is -0.190. The molecule has 0 aromatic heterocycles. The minimum absolute atomic E-state index is 0.446. The molecule has 0 heterocycles. The average Bonchev–Trinajstić information content (AvgIpc) is 3.26. The molecule has 0 aromatic rings. The van der Waals surface area contributed by atoms with Crippen LogP contribution in [-0.2, 0) is 4.74 Å². The van der Waals surface area contributed by atoms with Crippen molar-refractivity contribution < 1.29 is 4.74 Å². The van der Waals surface area contributed by atoms with Crippen LogP contribution in [0.25, 0.3) is 0 Å². The van der Waals surface area contributed by atoms with Gasteiger partial charge in [0.15, 0.2) is 0 Å². The Morgan fingerprint density at radius 3 is 2.24 bits per heavy atom. The molecule has 6 fully saturated rings. The van der Waals surface area contributed by atoms with Crippen molar-refractivity contribution in [3.05, 3.63) is 0 Å². The van der Waals surface area contributed by atoms with Crippen LogP contribution in [0.2, 0.25) is 0 Å². The van der Waals surface area contributed by atoms with E-state index in [1.807, 2.05) is 0 Å². The Labute approximate surface area is 204 Å². The first kappa shape index (κ1) is 23.3. The first-order valence-corrected chi connectivity index (χ1v) is 15.2. The summed E-state index contributed by atoms with van der Waals surface area (Å²) in [7, 11) is 0. The van der Waals surface area contributed by atoms with E-state index in [2.05, 4.69) is 20.8 Å². The van der Waals surface area contributed by atoms with E-state index in [1.54, 1.807) is 0 Å². The Hall–Kier alpha value is -0.0800. The van der Waals surface area contributed by atoms with E-state index in [9.17, 15) is 0 Å². The van der Waals surface area contributed by atoms with E-state index in [-0.39, 0.29) is 0 Å². The molecule has 0 spiro atoms. The summed E-state index contributed by atoms with van der Waals surface area (Å²) in [6.07, 6.45) is 23.5. The third-order valence-electron chi connectivity index (χ3n) is 13.5. The highest BCUT2D eigenvalue weighted by molar-refractivity contribution is 5.13. The van der Waals surface area contributed by atoms with Crippen molar-refractivity contribution in [2.24, 2.45) is 57.5 Å². The van der Waals surface area contributed by atoms with E-state index < -0.39 is 0 Å². The number of rotatable bonds is 3. The molecule has 6 aliphatic rings. The molecule has 33 heavy (non-hydrogen) atoms. The molecule has 0 aliphatic heterocycles. The Kier molecular flexibility index (Phi) is 6.01. The van der Waals surface area contributed by atoms with Crippen molar-refractivity contribution in [1.82, 2.24) is 0 Å². The minimum Gasteiger partial charge on any atom is -0.378 e. The smallest absolute Gasteiger partial charge is 0.0575 e. The van der Waals surface area contributed by atoms with E-state index in [0.717, 1.165) is 42.1 Å². The Morgan fingerprint density at radius 2 is 1.42 bits per heavy atom. The predicted octanol–water partition coefficient (Wildman–Crippen LogP) is 7.74. The van der Waals surface area contributed by atoms with Crippen LogP contribution in [0.3, 0.4) is 0 Å². The molecule has 0 radical (unpaired) electrons. The molecule has 2 nitrogen and oxygen atoms in total. The van der Waals surface area contributed by atoms with Crippen molar-refractivity contribution in [2.45, 2.75) is 136 Å². The number of nitrogens with two attached hydrogens (primary N) is 1. The molecule has 6 saturated carbocycles. The third-order valence-corrected chi connectivity index (χ3v) is 13.5. The Balaban J connectivity index is 1.21. The summed E-state index contributed by atoms with van der Waals surface area (Å²) in [5.74, 6) is 5.45. The van der Waals surface area contributed by atoms with Gasteiger partial charge in [-0.1, -0.05) is 46.5 Å². The molecule has 0 bridgehead atoms. The zero-order valence-electron chi connectivity index (χ0n) is 22.1. The normalized spacial score (nSPS) is 54.7. The second kappa shape index (κ2) is 8.50. The van der Waals surface area contributed by atoms with Gasteiger partial charge < -0.3 is 10.5 Å². The highest BCUT2D eigenvalue weighted by Gasteiger charge is 2.64. The molecule has 188 valence electrons. The highest BCUT2D eigenvalue weighted by atomic mass is 16.5. The fraction of sp³-hybridized carbons (Fsp3) is 1.00.